The molecule has 19 heavy (non-hydrogen) atoms. The molecule has 0 radical (unpaired) electrons. The molecule has 1 heterocycles. The minimum absolute atomic E-state index is 0.337. The summed E-state index contributed by atoms with van der Waals surface area (Å²) in [4.78, 5) is 28.4. The number of rotatable bonds is 5. The van der Waals surface area contributed by atoms with E-state index in [4.69, 9.17) is 5.11 Å². The van der Waals surface area contributed by atoms with E-state index in [0.29, 0.717) is 13.0 Å². The lowest BCUT2D eigenvalue weighted by molar-refractivity contribution is -0.139. The fourth-order valence-corrected chi connectivity index (χ4v) is 1.60. The van der Waals surface area contributed by atoms with E-state index in [9.17, 15) is 9.59 Å². The number of amides is 2. The van der Waals surface area contributed by atoms with Crippen molar-refractivity contribution in [1.82, 2.24) is 15.2 Å². The van der Waals surface area contributed by atoms with Crippen LogP contribution in [0.1, 0.15) is 24.7 Å². The summed E-state index contributed by atoms with van der Waals surface area (Å²) in [6.07, 6.45) is 0.345. The van der Waals surface area contributed by atoms with Gasteiger partial charge < -0.3 is 15.3 Å². The SMILES string of the molecule is CC[C@H](NC(=O)N(C)Cc1cccc(C)n1)C(=O)O. The van der Waals surface area contributed by atoms with Gasteiger partial charge in [0, 0.05) is 12.7 Å². The van der Waals surface area contributed by atoms with Crippen molar-refractivity contribution in [2.45, 2.75) is 32.9 Å². The number of pyridine rings is 1. The standard InChI is InChI=1S/C13H19N3O3/c1-4-11(12(17)18)15-13(19)16(3)8-10-7-5-6-9(2)14-10/h5-7,11H,4,8H2,1-3H3,(H,15,19)(H,17,18)/t11-/m0/s1. The second kappa shape index (κ2) is 6.72. The van der Waals surface area contributed by atoms with Crippen molar-refractivity contribution in [3.8, 4) is 0 Å². The van der Waals surface area contributed by atoms with Crippen LogP contribution in [0.25, 0.3) is 0 Å². The number of urea groups is 1. The topological polar surface area (TPSA) is 82.5 Å². The van der Waals surface area contributed by atoms with Crippen LogP contribution in [0.2, 0.25) is 0 Å². The Hall–Kier alpha value is -2.11. The third-order valence-corrected chi connectivity index (χ3v) is 2.70. The van der Waals surface area contributed by atoms with Crippen molar-refractivity contribution >= 4 is 12.0 Å². The Morgan fingerprint density at radius 1 is 1.47 bits per heavy atom. The van der Waals surface area contributed by atoms with Gasteiger partial charge in [0.25, 0.3) is 0 Å². The summed E-state index contributed by atoms with van der Waals surface area (Å²) in [6, 6.07) is 4.29. The van der Waals surface area contributed by atoms with Crippen molar-refractivity contribution < 1.29 is 14.7 Å². The van der Waals surface area contributed by atoms with Gasteiger partial charge in [-0.1, -0.05) is 13.0 Å². The van der Waals surface area contributed by atoms with Gasteiger partial charge in [0.05, 0.1) is 12.2 Å². The first-order valence-electron chi connectivity index (χ1n) is 6.11. The maximum Gasteiger partial charge on any atom is 0.326 e. The van der Waals surface area contributed by atoms with Gasteiger partial charge >= 0.3 is 12.0 Å². The number of carboxylic acids is 1. The molecule has 0 aliphatic heterocycles. The largest absolute Gasteiger partial charge is 0.480 e. The normalized spacial score (nSPS) is 11.7. The Kier molecular flexibility index (Phi) is 5.29. The van der Waals surface area contributed by atoms with Crippen LogP contribution >= 0.6 is 0 Å². The molecular formula is C13H19N3O3. The molecule has 0 unspecified atom stereocenters. The molecule has 104 valence electrons. The van der Waals surface area contributed by atoms with E-state index in [1.807, 2.05) is 25.1 Å². The van der Waals surface area contributed by atoms with E-state index in [0.717, 1.165) is 11.4 Å². The smallest absolute Gasteiger partial charge is 0.326 e. The van der Waals surface area contributed by atoms with Crippen LogP contribution in [0, 0.1) is 6.92 Å². The summed E-state index contributed by atoms with van der Waals surface area (Å²) < 4.78 is 0. The van der Waals surface area contributed by atoms with Crippen molar-refractivity contribution in [3.05, 3.63) is 29.6 Å². The second-order valence-corrected chi connectivity index (χ2v) is 4.37. The molecule has 2 amide bonds. The third-order valence-electron chi connectivity index (χ3n) is 2.70. The Bertz CT molecular complexity index is 462. The lowest BCUT2D eigenvalue weighted by atomic mass is 10.2. The predicted octanol–water partition coefficient (Wildman–Crippen LogP) is 1.39. The van der Waals surface area contributed by atoms with Crippen molar-refractivity contribution in [3.63, 3.8) is 0 Å². The predicted molar refractivity (Wildman–Crippen MR) is 70.7 cm³/mol. The highest BCUT2D eigenvalue weighted by Gasteiger charge is 2.19. The average molecular weight is 265 g/mol. The lowest BCUT2D eigenvalue weighted by Gasteiger charge is -2.20. The lowest BCUT2D eigenvalue weighted by Crippen LogP contribution is -2.46. The molecule has 0 fully saturated rings. The van der Waals surface area contributed by atoms with Crippen LogP contribution in [-0.4, -0.2) is 40.1 Å². The van der Waals surface area contributed by atoms with Crippen LogP contribution in [0.15, 0.2) is 18.2 Å². The maximum absolute atomic E-state index is 11.8. The molecule has 1 rings (SSSR count). The second-order valence-electron chi connectivity index (χ2n) is 4.37. The number of aliphatic carboxylic acids is 1. The monoisotopic (exact) mass is 265 g/mol. The number of aromatic nitrogens is 1. The van der Waals surface area contributed by atoms with Crippen LogP contribution < -0.4 is 5.32 Å². The zero-order chi connectivity index (χ0) is 14.4. The molecule has 6 heteroatoms. The summed E-state index contributed by atoms with van der Waals surface area (Å²) in [5, 5.41) is 11.3. The number of carbonyl (C=O) groups is 2. The zero-order valence-corrected chi connectivity index (χ0v) is 11.4. The van der Waals surface area contributed by atoms with Crippen molar-refractivity contribution in [1.29, 1.82) is 0 Å². The van der Waals surface area contributed by atoms with Gasteiger partial charge in [-0.15, -0.1) is 0 Å². The van der Waals surface area contributed by atoms with Gasteiger partial charge in [-0.2, -0.15) is 0 Å². The van der Waals surface area contributed by atoms with Gasteiger partial charge in [0.1, 0.15) is 6.04 Å². The number of aryl methyl sites for hydroxylation is 1. The number of carboxylic acid groups (broad SMARTS) is 1. The highest BCUT2D eigenvalue weighted by atomic mass is 16.4. The molecule has 1 atom stereocenters. The summed E-state index contributed by atoms with van der Waals surface area (Å²) in [6.45, 7) is 3.92. The molecule has 6 nitrogen and oxygen atoms in total. The maximum atomic E-state index is 11.8. The number of hydrogen-bond donors (Lipinski definition) is 2. The molecule has 0 saturated heterocycles. The minimum atomic E-state index is -1.03. The van der Waals surface area contributed by atoms with Crippen LogP contribution in [0.5, 0.6) is 0 Å². The van der Waals surface area contributed by atoms with E-state index in [-0.39, 0.29) is 0 Å². The van der Waals surface area contributed by atoms with E-state index >= 15 is 0 Å². The molecule has 1 aromatic heterocycles. The Balaban J connectivity index is 2.60. The first-order chi connectivity index (χ1) is 8.93. The minimum Gasteiger partial charge on any atom is -0.480 e. The summed E-state index contributed by atoms with van der Waals surface area (Å²) in [5.41, 5.74) is 1.64. The number of hydrogen-bond acceptors (Lipinski definition) is 3. The molecule has 0 aromatic carbocycles. The van der Waals surface area contributed by atoms with Gasteiger partial charge in [-0.3, -0.25) is 4.98 Å². The molecular weight excluding hydrogens is 246 g/mol. The number of nitrogens with one attached hydrogen (secondary N) is 1. The fourth-order valence-electron chi connectivity index (χ4n) is 1.60. The van der Waals surface area contributed by atoms with E-state index in [2.05, 4.69) is 10.3 Å². The highest BCUT2D eigenvalue weighted by Crippen LogP contribution is 2.02. The van der Waals surface area contributed by atoms with Crippen molar-refractivity contribution in [2.24, 2.45) is 0 Å². The fraction of sp³-hybridized carbons (Fsp3) is 0.462. The average Bonchev–Trinajstić information content (AvgIpc) is 2.35. The van der Waals surface area contributed by atoms with Crippen molar-refractivity contribution in [2.75, 3.05) is 7.05 Å². The first kappa shape index (κ1) is 14.9. The molecule has 1 aromatic rings. The van der Waals surface area contributed by atoms with E-state index < -0.39 is 18.0 Å². The van der Waals surface area contributed by atoms with Gasteiger partial charge in [-0.05, 0) is 25.5 Å². The van der Waals surface area contributed by atoms with Gasteiger partial charge in [-0.25, -0.2) is 9.59 Å². The molecule has 0 aliphatic rings. The molecule has 0 saturated carbocycles. The van der Waals surface area contributed by atoms with Crippen LogP contribution in [0.4, 0.5) is 4.79 Å². The Labute approximate surface area is 112 Å². The van der Waals surface area contributed by atoms with Gasteiger partial charge in [0.2, 0.25) is 0 Å². The Morgan fingerprint density at radius 3 is 2.68 bits per heavy atom. The first-order valence-corrected chi connectivity index (χ1v) is 6.11. The molecule has 0 bridgehead atoms. The third kappa shape index (κ3) is 4.57. The summed E-state index contributed by atoms with van der Waals surface area (Å²) in [5.74, 6) is -1.03. The molecule has 0 spiro atoms. The zero-order valence-electron chi connectivity index (χ0n) is 11.4. The summed E-state index contributed by atoms with van der Waals surface area (Å²) >= 11 is 0. The molecule has 0 aliphatic carbocycles. The van der Waals surface area contributed by atoms with E-state index in [1.54, 1.807) is 14.0 Å². The number of carbonyl (C=O) groups excluding carboxylic acids is 1. The molecule has 2 N–H and O–H groups in total. The van der Waals surface area contributed by atoms with Gasteiger partial charge in [0.15, 0.2) is 0 Å². The van der Waals surface area contributed by atoms with Crippen LogP contribution in [-0.2, 0) is 11.3 Å². The van der Waals surface area contributed by atoms with Crippen LogP contribution in [0.3, 0.4) is 0 Å². The van der Waals surface area contributed by atoms with E-state index in [1.165, 1.54) is 4.90 Å². The highest BCUT2D eigenvalue weighted by molar-refractivity contribution is 5.82. The summed E-state index contributed by atoms with van der Waals surface area (Å²) in [7, 11) is 1.61. The Morgan fingerprint density at radius 2 is 2.16 bits per heavy atom. The quantitative estimate of drug-likeness (QED) is 0.843. The number of nitrogens with zero attached hydrogens (tertiary/aromatic N) is 2.